The standard InChI is InChI=1S/C31H34F3NO5/c1-6-7-18-39-27-17-12-23(22-10-15-25(16-11-22)40-31(32,33)34)19-26(27)35(28(36)29(37)38-5)20-21-8-13-24(14-9-21)30(2,3)4/h8-17,19H,6-7,18,20H2,1-5H3. The zero-order chi connectivity index (χ0) is 29.5. The highest BCUT2D eigenvalue weighted by molar-refractivity contribution is 6.38. The lowest BCUT2D eigenvalue weighted by Crippen LogP contribution is -2.37. The molecule has 9 heteroatoms. The van der Waals surface area contributed by atoms with Crippen LogP contribution in [-0.2, 0) is 26.3 Å². The van der Waals surface area contributed by atoms with Gasteiger partial charge in [0.15, 0.2) is 0 Å². The number of carbonyl (C=O) groups excluding carboxylic acids is 2. The molecule has 0 radical (unpaired) electrons. The van der Waals surface area contributed by atoms with Crippen LogP contribution in [0, 0.1) is 0 Å². The lowest BCUT2D eigenvalue weighted by molar-refractivity contribution is -0.274. The highest BCUT2D eigenvalue weighted by Crippen LogP contribution is 2.36. The van der Waals surface area contributed by atoms with Crippen molar-refractivity contribution in [3.05, 3.63) is 77.9 Å². The molecule has 3 aromatic carbocycles. The van der Waals surface area contributed by atoms with Crippen LogP contribution < -0.4 is 14.4 Å². The fourth-order valence-electron chi connectivity index (χ4n) is 3.96. The molecule has 0 aliphatic carbocycles. The van der Waals surface area contributed by atoms with Crippen LogP contribution >= 0.6 is 0 Å². The molecule has 0 aliphatic rings. The predicted octanol–water partition coefficient (Wildman–Crippen LogP) is 7.43. The molecule has 0 atom stereocenters. The SMILES string of the molecule is CCCCOc1ccc(-c2ccc(OC(F)(F)F)cc2)cc1N(Cc1ccc(C(C)(C)C)cc1)C(=O)C(=O)OC. The van der Waals surface area contributed by atoms with Crippen molar-refractivity contribution in [3.63, 3.8) is 0 Å². The Labute approximate surface area is 232 Å². The van der Waals surface area contributed by atoms with Crippen molar-refractivity contribution in [1.82, 2.24) is 0 Å². The van der Waals surface area contributed by atoms with E-state index >= 15 is 0 Å². The van der Waals surface area contributed by atoms with Crippen LogP contribution in [0.2, 0.25) is 0 Å². The molecule has 40 heavy (non-hydrogen) atoms. The van der Waals surface area contributed by atoms with Gasteiger partial charge in [0.1, 0.15) is 11.5 Å². The smallest absolute Gasteiger partial charge is 0.491 e. The van der Waals surface area contributed by atoms with Crippen molar-refractivity contribution in [1.29, 1.82) is 0 Å². The number of alkyl halides is 3. The van der Waals surface area contributed by atoms with Gasteiger partial charge in [-0.25, -0.2) is 4.79 Å². The van der Waals surface area contributed by atoms with Crippen molar-refractivity contribution in [3.8, 4) is 22.6 Å². The maximum absolute atomic E-state index is 13.3. The summed E-state index contributed by atoms with van der Waals surface area (Å²) in [5.41, 5.74) is 3.35. The minimum atomic E-state index is -4.80. The number of hydrogen-bond donors (Lipinski definition) is 0. The summed E-state index contributed by atoms with van der Waals surface area (Å²) in [6, 6.07) is 18.2. The normalized spacial score (nSPS) is 11.6. The van der Waals surface area contributed by atoms with Gasteiger partial charge in [-0.2, -0.15) is 0 Å². The second-order valence-electron chi connectivity index (χ2n) is 10.3. The topological polar surface area (TPSA) is 65.1 Å². The molecule has 0 spiro atoms. The predicted molar refractivity (Wildman–Crippen MR) is 147 cm³/mol. The van der Waals surface area contributed by atoms with Crippen molar-refractivity contribution in [2.45, 2.75) is 58.9 Å². The van der Waals surface area contributed by atoms with E-state index in [0.29, 0.717) is 29.2 Å². The zero-order valence-corrected chi connectivity index (χ0v) is 23.3. The van der Waals surface area contributed by atoms with Gasteiger partial charge in [0.2, 0.25) is 0 Å². The molecule has 0 aromatic heterocycles. The molecule has 1 amide bonds. The molecule has 6 nitrogen and oxygen atoms in total. The fraction of sp³-hybridized carbons (Fsp3) is 0.355. The first-order valence-electron chi connectivity index (χ1n) is 12.9. The monoisotopic (exact) mass is 557 g/mol. The molecule has 0 N–H and O–H groups in total. The number of benzene rings is 3. The summed E-state index contributed by atoms with van der Waals surface area (Å²) < 4.78 is 52.5. The van der Waals surface area contributed by atoms with Crippen LogP contribution in [0.25, 0.3) is 11.1 Å². The van der Waals surface area contributed by atoms with Gasteiger partial charge < -0.3 is 14.2 Å². The summed E-state index contributed by atoms with van der Waals surface area (Å²) >= 11 is 0. The molecule has 0 heterocycles. The number of nitrogens with zero attached hydrogens (tertiary/aromatic N) is 1. The molecular formula is C31H34F3NO5. The lowest BCUT2D eigenvalue weighted by Gasteiger charge is -2.26. The van der Waals surface area contributed by atoms with Gasteiger partial charge in [-0.15, -0.1) is 13.2 Å². The Kier molecular flexibility index (Phi) is 9.84. The van der Waals surface area contributed by atoms with E-state index in [0.717, 1.165) is 31.1 Å². The van der Waals surface area contributed by atoms with Gasteiger partial charge >= 0.3 is 18.2 Å². The average molecular weight is 558 g/mol. The molecule has 0 fully saturated rings. The Bertz CT molecular complexity index is 1300. The molecule has 0 aliphatic heterocycles. The first-order chi connectivity index (χ1) is 18.8. The third-order valence-corrected chi connectivity index (χ3v) is 6.19. The minimum Gasteiger partial charge on any atom is -0.491 e. The summed E-state index contributed by atoms with van der Waals surface area (Å²) in [5, 5.41) is 0. The molecule has 0 saturated heterocycles. The molecular weight excluding hydrogens is 523 g/mol. The number of halogens is 3. The summed E-state index contributed by atoms with van der Waals surface area (Å²) in [7, 11) is 1.14. The second-order valence-corrected chi connectivity index (χ2v) is 10.3. The number of anilines is 1. The van der Waals surface area contributed by atoms with Crippen molar-refractivity contribution >= 4 is 17.6 Å². The van der Waals surface area contributed by atoms with Crippen LogP contribution in [-0.4, -0.2) is 32.0 Å². The summed E-state index contributed by atoms with van der Waals surface area (Å²) in [6.07, 6.45) is -3.13. The number of unbranched alkanes of at least 4 members (excludes halogenated alkanes) is 1. The number of amides is 1. The molecule has 0 bridgehead atoms. The van der Waals surface area contributed by atoms with Crippen LogP contribution in [0.15, 0.2) is 66.7 Å². The summed E-state index contributed by atoms with van der Waals surface area (Å²) in [4.78, 5) is 27.0. The van der Waals surface area contributed by atoms with Gasteiger partial charge in [-0.05, 0) is 58.4 Å². The van der Waals surface area contributed by atoms with Gasteiger partial charge in [0, 0.05) is 0 Å². The van der Waals surface area contributed by atoms with Crippen molar-refractivity contribution < 1.29 is 37.0 Å². The Morgan fingerprint density at radius 1 is 0.875 bits per heavy atom. The van der Waals surface area contributed by atoms with Gasteiger partial charge in [-0.3, -0.25) is 9.69 Å². The Morgan fingerprint density at radius 3 is 2.05 bits per heavy atom. The minimum absolute atomic E-state index is 0.0598. The van der Waals surface area contributed by atoms with Crippen LogP contribution in [0.5, 0.6) is 11.5 Å². The highest BCUT2D eigenvalue weighted by atomic mass is 19.4. The zero-order valence-electron chi connectivity index (χ0n) is 23.3. The Balaban J connectivity index is 2.06. The van der Waals surface area contributed by atoms with Gasteiger partial charge in [-0.1, -0.05) is 76.6 Å². The number of methoxy groups -OCH3 is 1. The number of hydrogen-bond acceptors (Lipinski definition) is 5. The molecule has 0 saturated carbocycles. The van der Waals surface area contributed by atoms with Gasteiger partial charge in [0.05, 0.1) is 25.9 Å². The van der Waals surface area contributed by atoms with E-state index in [1.54, 1.807) is 18.2 Å². The first kappa shape index (κ1) is 30.5. The number of rotatable bonds is 9. The summed E-state index contributed by atoms with van der Waals surface area (Å²) in [6.45, 7) is 8.78. The van der Waals surface area contributed by atoms with E-state index in [9.17, 15) is 22.8 Å². The third kappa shape index (κ3) is 8.24. The summed E-state index contributed by atoms with van der Waals surface area (Å²) in [5.74, 6) is -1.88. The number of esters is 1. The maximum atomic E-state index is 13.3. The number of carbonyl (C=O) groups is 2. The molecule has 3 rings (SSSR count). The van der Waals surface area contributed by atoms with E-state index in [4.69, 9.17) is 9.47 Å². The van der Waals surface area contributed by atoms with E-state index in [1.165, 1.54) is 29.2 Å². The Morgan fingerprint density at radius 2 is 1.50 bits per heavy atom. The quantitative estimate of drug-likeness (QED) is 0.155. The average Bonchev–Trinajstić information content (AvgIpc) is 2.90. The molecule has 214 valence electrons. The lowest BCUT2D eigenvalue weighted by atomic mass is 9.87. The van der Waals surface area contributed by atoms with E-state index in [1.807, 2.05) is 31.2 Å². The van der Waals surface area contributed by atoms with Gasteiger partial charge in [0.25, 0.3) is 0 Å². The van der Waals surface area contributed by atoms with Crippen molar-refractivity contribution in [2.75, 3.05) is 18.6 Å². The van der Waals surface area contributed by atoms with Crippen LogP contribution in [0.3, 0.4) is 0 Å². The van der Waals surface area contributed by atoms with Crippen molar-refractivity contribution in [2.24, 2.45) is 0 Å². The van der Waals surface area contributed by atoms with Crippen LogP contribution in [0.4, 0.5) is 18.9 Å². The van der Waals surface area contributed by atoms with Crippen LogP contribution in [0.1, 0.15) is 51.7 Å². The molecule has 3 aromatic rings. The van der Waals surface area contributed by atoms with E-state index < -0.39 is 18.2 Å². The fourth-order valence-corrected chi connectivity index (χ4v) is 3.96. The Hall–Kier alpha value is -4.01. The van der Waals surface area contributed by atoms with E-state index in [-0.39, 0.29) is 17.7 Å². The third-order valence-electron chi connectivity index (χ3n) is 6.19. The second kappa shape index (κ2) is 12.9. The first-order valence-corrected chi connectivity index (χ1v) is 12.9. The highest BCUT2D eigenvalue weighted by Gasteiger charge is 2.31. The number of ether oxygens (including phenoxy) is 3. The van der Waals surface area contributed by atoms with E-state index in [2.05, 4.69) is 25.5 Å². The molecule has 0 unspecified atom stereocenters. The largest absolute Gasteiger partial charge is 0.573 e. The maximum Gasteiger partial charge on any atom is 0.573 e.